The molecule has 0 saturated carbocycles. The van der Waals surface area contributed by atoms with Crippen molar-refractivity contribution in [2.24, 2.45) is 0 Å². The van der Waals surface area contributed by atoms with Gasteiger partial charge in [-0.3, -0.25) is 14.6 Å². The molecule has 0 aliphatic carbocycles. The van der Waals surface area contributed by atoms with Crippen LogP contribution in [0.3, 0.4) is 0 Å². The number of nitrogens with one attached hydrogen (secondary N) is 1. The number of carbonyl (C=O) groups is 1. The first-order chi connectivity index (χ1) is 12.1. The molecular formula is C18H18N4O2S. The molecule has 0 spiro atoms. The van der Waals surface area contributed by atoms with Crippen molar-refractivity contribution < 1.29 is 4.79 Å². The van der Waals surface area contributed by atoms with Gasteiger partial charge in [0.25, 0.3) is 5.56 Å². The van der Waals surface area contributed by atoms with Crippen molar-refractivity contribution in [3.63, 3.8) is 0 Å². The Hall–Kier alpha value is -2.80. The van der Waals surface area contributed by atoms with E-state index in [1.54, 1.807) is 36.7 Å². The van der Waals surface area contributed by atoms with E-state index in [2.05, 4.69) is 20.8 Å². The number of aryl methyl sites for hydroxylation is 1. The number of hydrogen-bond acceptors (Lipinski definition) is 5. The first-order valence-electron chi connectivity index (χ1n) is 7.87. The first-order valence-corrected chi connectivity index (χ1v) is 8.81. The van der Waals surface area contributed by atoms with Crippen molar-refractivity contribution in [3.8, 4) is 0 Å². The third-order valence-electron chi connectivity index (χ3n) is 3.74. The molecule has 25 heavy (non-hydrogen) atoms. The van der Waals surface area contributed by atoms with E-state index >= 15 is 0 Å². The van der Waals surface area contributed by atoms with Crippen LogP contribution in [0.1, 0.15) is 22.9 Å². The summed E-state index contributed by atoms with van der Waals surface area (Å²) in [6.07, 6.45) is 4.11. The summed E-state index contributed by atoms with van der Waals surface area (Å²) in [6.45, 7) is 1.67. The van der Waals surface area contributed by atoms with Gasteiger partial charge in [0.05, 0.1) is 11.7 Å². The molecule has 6 nitrogen and oxygen atoms in total. The van der Waals surface area contributed by atoms with Crippen molar-refractivity contribution in [2.75, 3.05) is 0 Å². The highest BCUT2D eigenvalue weighted by atomic mass is 32.1. The minimum atomic E-state index is -0.295. The molecule has 1 N–H and O–H groups in total. The summed E-state index contributed by atoms with van der Waals surface area (Å²) in [7, 11) is 0. The van der Waals surface area contributed by atoms with E-state index in [4.69, 9.17) is 0 Å². The predicted molar refractivity (Wildman–Crippen MR) is 96.4 cm³/mol. The topological polar surface area (TPSA) is 76.9 Å². The molecule has 128 valence electrons. The van der Waals surface area contributed by atoms with Crippen LogP contribution in [0.25, 0.3) is 0 Å². The molecule has 7 heteroatoms. The molecule has 3 aromatic rings. The summed E-state index contributed by atoms with van der Waals surface area (Å²) in [5.41, 5.74) is 2.46. The number of hydrogen-bond donors (Lipinski definition) is 1. The minimum absolute atomic E-state index is 0.110. The maximum atomic E-state index is 12.5. The number of carbonyl (C=O) groups excluding carboxylic acids is 1. The van der Waals surface area contributed by atoms with Gasteiger partial charge in [-0.15, -0.1) is 0 Å². The molecule has 0 aromatic carbocycles. The van der Waals surface area contributed by atoms with Gasteiger partial charge in [-0.25, -0.2) is 4.68 Å². The summed E-state index contributed by atoms with van der Waals surface area (Å²) >= 11 is 1.62. The lowest BCUT2D eigenvalue weighted by molar-refractivity contribution is -0.122. The van der Waals surface area contributed by atoms with Gasteiger partial charge >= 0.3 is 0 Å². The van der Waals surface area contributed by atoms with Gasteiger partial charge < -0.3 is 5.32 Å². The lowest BCUT2D eigenvalue weighted by Crippen LogP contribution is -2.36. The molecule has 0 bridgehead atoms. The van der Waals surface area contributed by atoms with Crippen molar-refractivity contribution in [2.45, 2.75) is 25.9 Å². The van der Waals surface area contributed by atoms with Crippen molar-refractivity contribution >= 4 is 17.2 Å². The zero-order valence-electron chi connectivity index (χ0n) is 13.8. The molecule has 0 aliphatic rings. The van der Waals surface area contributed by atoms with Gasteiger partial charge in [0.2, 0.25) is 5.91 Å². The fourth-order valence-corrected chi connectivity index (χ4v) is 3.20. The Morgan fingerprint density at radius 1 is 1.32 bits per heavy atom. The largest absolute Gasteiger partial charge is 0.347 e. The van der Waals surface area contributed by atoms with E-state index in [1.165, 1.54) is 10.7 Å². The standard InChI is InChI=1S/C18H18N4O2S/c1-13-4-5-18(24)22(21-13)11-17(23)20-16(9-14-6-8-25-12-14)15-3-2-7-19-10-15/h2-8,10,12,16H,9,11H2,1H3,(H,20,23)/t16-/m0/s1. The van der Waals surface area contributed by atoms with Gasteiger partial charge in [0, 0.05) is 18.5 Å². The maximum absolute atomic E-state index is 12.5. The minimum Gasteiger partial charge on any atom is -0.347 e. The Morgan fingerprint density at radius 3 is 2.92 bits per heavy atom. The fourth-order valence-electron chi connectivity index (χ4n) is 2.52. The van der Waals surface area contributed by atoms with Crippen molar-refractivity contribution in [1.29, 1.82) is 0 Å². The normalized spacial score (nSPS) is 11.9. The lowest BCUT2D eigenvalue weighted by Gasteiger charge is -2.19. The zero-order valence-corrected chi connectivity index (χ0v) is 14.6. The lowest BCUT2D eigenvalue weighted by atomic mass is 10.0. The van der Waals surface area contributed by atoms with E-state index in [0.29, 0.717) is 12.1 Å². The fraction of sp³-hybridized carbons (Fsp3) is 0.222. The van der Waals surface area contributed by atoms with E-state index in [1.807, 2.05) is 23.6 Å². The number of thiophene rings is 1. The molecule has 1 atom stereocenters. The van der Waals surface area contributed by atoms with Crippen LogP contribution in [0.5, 0.6) is 0 Å². The van der Waals surface area contributed by atoms with Crippen LogP contribution in [0.15, 0.2) is 58.3 Å². The third-order valence-corrected chi connectivity index (χ3v) is 4.47. The number of rotatable bonds is 6. The molecule has 3 heterocycles. The molecule has 0 fully saturated rings. The Morgan fingerprint density at radius 2 is 2.20 bits per heavy atom. The molecule has 1 amide bonds. The number of amides is 1. The molecule has 3 rings (SSSR count). The Kier molecular flexibility index (Phi) is 5.35. The van der Waals surface area contributed by atoms with E-state index in [-0.39, 0.29) is 24.1 Å². The maximum Gasteiger partial charge on any atom is 0.267 e. The van der Waals surface area contributed by atoms with E-state index in [0.717, 1.165) is 11.1 Å². The highest BCUT2D eigenvalue weighted by molar-refractivity contribution is 7.07. The summed E-state index contributed by atoms with van der Waals surface area (Å²) in [6, 6.07) is 8.64. The highest BCUT2D eigenvalue weighted by Gasteiger charge is 2.17. The second kappa shape index (κ2) is 7.85. The van der Waals surface area contributed by atoms with Gasteiger partial charge in [0.15, 0.2) is 0 Å². The molecular weight excluding hydrogens is 336 g/mol. The van der Waals surface area contributed by atoms with E-state index in [9.17, 15) is 9.59 Å². The quantitative estimate of drug-likeness (QED) is 0.735. The summed E-state index contributed by atoms with van der Waals surface area (Å²) in [4.78, 5) is 28.4. The Balaban J connectivity index is 1.76. The SMILES string of the molecule is Cc1ccc(=O)n(CC(=O)N[C@@H](Cc2ccsc2)c2cccnc2)n1. The average Bonchev–Trinajstić information content (AvgIpc) is 3.11. The smallest absolute Gasteiger partial charge is 0.267 e. The van der Waals surface area contributed by atoms with Crippen LogP contribution < -0.4 is 10.9 Å². The molecule has 0 aliphatic heterocycles. The molecule has 0 saturated heterocycles. The van der Waals surface area contributed by atoms with Crippen LogP contribution in [0.4, 0.5) is 0 Å². The van der Waals surface area contributed by atoms with Crippen LogP contribution >= 0.6 is 11.3 Å². The van der Waals surface area contributed by atoms with Crippen LogP contribution in [-0.2, 0) is 17.8 Å². The van der Waals surface area contributed by atoms with Crippen molar-refractivity contribution in [3.05, 3.63) is 80.7 Å². The van der Waals surface area contributed by atoms with Crippen molar-refractivity contribution in [1.82, 2.24) is 20.1 Å². The Bertz CT molecular complexity index is 891. The highest BCUT2D eigenvalue weighted by Crippen LogP contribution is 2.19. The number of pyridine rings is 1. The summed E-state index contributed by atoms with van der Waals surface area (Å²) in [5, 5.41) is 11.2. The van der Waals surface area contributed by atoms with Gasteiger partial charge in [-0.05, 0) is 53.4 Å². The number of nitrogens with zero attached hydrogens (tertiary/aromatic N) is 3. The monoisotopic (exact) mass is 354 g/mol. The second-order valence-electron chi connectivity index (χ2n) is 5.71. The molecule has 0 radical (unpaired) electrons. The van der Waals surface area contributed by atoms with Crippen LogP contribution in [-0.4, -0.2) is 20.7 Å². The molecule has 3 aromatic heterocycles. The third kappa shape index (κ3) is 4.60. The van der Waals surface area contributed by atoms with Gasteiger partial charge in [-0.1, -0.05) is 6.07 Å². The summed E-state index contributed by atoms with van der Waals surface area (Å²) < 4.78 is 1.18. The molecule has 0 unspecified atom stereocenters. The average molecular weight is 354 g/mol. The first kappa shape index (κ1) is 17.0. The number of aromatic nitrogens is 3. The summed E-state index contributed by atoms with van der Waals surface area (Å²) in [5.74, 6) is -0.260. The zero-order chi connectivity index (χ0) is 17.6. The van der Waals surface area contributed by atoms with Gasteiger partial charge in [-0.2, -0.15) is 16.4 Å². The van der Waals surface area contributed by atoms with Gasteiger partial charge in [0.1, 0.15) is 6.54 Å². The van der Waals surface area contributed by atoms with E-state index < -0.39 is 0 Å². The second-order valence-corrected chi connectivity index (χ2v) is 6.49. The van der Waals surface area contributed by atoms with Crippen LogP contribution in [0.2, 0.25) is 0 Å². The Labute approximate surface area is 149 Å². The van der Waals surface area contributed by atoms with Crippen LogP contribution in [0, 0.1) is 6.92 Å². The predicted octanol–water partition coefficient (Wildman–Crippen LogP) is 2.11.